The van der Waals surface area contributed by atoms with Gasteiger partial charge in [0.2, 0.25) is 0 Å². The molecule has 0 radical (unpaired) electrons. The molecule has 1 N–H and O–H groups in total. The summed E-state index contributed by atoms with van der Waals surface area (Å²) in [6.45, 7) is 7.17. The molecular formula is C13H19BrClNO. The quantitative estimate of drug-likeness (QED) is 0.860. The van der Waals surface area contributed by atoms with Gasteiger partial charge >= 0.3 is 0 Å². The first-order chi connectivity index (χ1) is 8.08. The molecule has 96 valence electrons. The summed E-state index contributed by atoms with van der Waals surface area (Å²) in [5, 5.41) is 10.7. The summed E-state index contributed by atoms with van der Waals surface area (Å²) in [6, 6.07) is 5.60. The zero-order valence-corrected chi connectivity index (χ0v) is 12.6. The van der Waals surface area contributed by atoms with Crippen molar-refractivity contribution in [2.75, 3.05) is 19.6 Å². The molecule has 0 saturated heterocycles. The molecule has 1 atom stereocenters. The van der Waals surface area contributed by atoms with E-state index in [4.69, 9.17) is 11.6 Å². The maximum absolute atomic E-state index is 10.1. The van der Waals surface area contributed by atoms with Crippen LogP contribution in [0.15, 0.2) is 22.7 Å². The lowest BCUT2D eigenvalue weighted by Gasteiger charge is -2.20. The number of nitrogens with zero attached hydrogens (tertiary/aromatic N) is 1. The van der Waals surface area contributed by atoms with Gasteiger partial charge in [-0.25, -0.2) is 0 Å². The van der Waals surface area contributed by atoms with Crippen molar-refractivity contribution in [3.63, 3.8) is 0 Å². The maximum atomic E-state index is 10.1. The summed E-state index contributed by atoms with van der Waals surface area (Å²) in [6.07, 6.45) is 0.222. The van der Waals surface area contributed by atoms with Gasteiger partial charge in [0.05, 0.1) is 6.10 Å². The molecule has 0 saturated carbocycles. The van der Waals surface area contributed by atoms with Crippen molar-refractivity contribution in [2.45, 2.75) is 26.4 Å². The fourth-order valence-electron chi connectivity index (χ4n) is 1.77. The van der Waals surface area contributed by atoms with Gasteiger partial charge in [0.1, 0.15) is 0 Å². The molecule has 0 heterocycles. The molecule has 0 amide bonds. The van der Waals surface area contributed by atoms with Crippen molar-refractivity contribution in [2.24, 2.45) is 0 Å². The SMILES string of the molecule is CCN(CC)CCC(O)c1ccc(Br)cc1Cl. The molecule has 0 spiro atoms. The molecule has 1 aromatic rings. The van der Waals surface area contributed by atoms with Crippen LogP contribution in [0, 0.1) is 0 Å². The molecule has 1 rings (SSSR count). The maximum Gasteiger partial charge on any atom is 0.0816 e. The van der Waals surface area contributed by atoms with Crippen LogP contribution in [0.1, 0.15) is 31.9 Å². The van der Waals surface area contributed by atoms with E-state index in [0.29, 0.717) is 11.4 Å². The molecule has 1 unspecified atom stereocenters. The van der Waals surface area contributed by atoms with E-state index in [9.17, 15) is 5.11 Å². The lowest BCUT2D eigenvalue weighted by atomic mass is 10.1. The van der Waals surface area contributed by atoms with Crippen LogP contribution in [0.5, 0.6) is 0 Å². The van der Waals surface area contributed by atoms with E-state index in [2.05, 4.69) is 34.7 Å². The van der Waals surface area contributed by atoms with Crippen LogP contribution >= 0.6 is 27.5 Å². The van der Waals surface area contributed by atoms with Crippen molar-refractivity contribution in [3.05, 3.63) is 33.3 Å². The van der Waals surface area contributed by atoms with Crippen molar-refractivity contribution in [1.29, 1.82) is 0 Å². The number of hydrogen-bond donors (Lipinski definition) is 1. The Morgan fingerprint density at radius 2 is 2.00 bits per heavy atom. The first-order valence-electron chi connectivity index (χ1n) is 5.93. The molecule has 0 aliphatic heterocycles. The van der Waals surface area contributed by atoms with Crippen LogP contribution in [-0.2, 0) is 0 Å². The van der Waals surface area contributed by atoms with Crippen molar-refractivity contribution >= 4 is 27.5 Å². The molecular weight excluding hydrogens is 302 g/mol. The minimum absolute atomic E-state index is 0.490. The Bertz CT molecular complexity index is 355. The second-order valence-corrected chi connectivity index (χ2v) is 5.32. The van der Waals surface area contributed by atoms with Gasteiger partial charge < -0.3 is 10.0 Å². The fourth-order valence-corrected chi connectivity index (χ4v) is 2.57. The number of rotatable bonds is 6. The van der Waals surface area contributed by atoms with Crippen molar-refractivity contribution in [1.82, 2.24) is 4.90 Å². The van der Waals surface area contributed by atoms with Crippen LogP contribution in [-0.4, -0.2) is 29.6 Å². The van der Waals surface area contributed by atoms with E-state index in [1.165, 1.54) is 0 Å². The average molecular weight is 321 g/mol. The van der Waals surface area contributed by atoms with Gasteiger partial charge in [0, 0.05) is 16.0 Å². The van der Waals surface area contributed by atoms with Gasteiger partial charge in [0.15, 0.2) is 0 Å². The Balaban J connectivity index is 2.60. The molecule has 1 aromatic carbocycles. The van der Waals surface area contributed by atoms with E-state index in [1.54, 1.807) is 0 Å². The lowest BCUT2D eigenvalue weighted by molar-refractivity contribution is 0.145. The minimum atomic E-state index is -0.490. The summed E-state index contributed by atoms with van der Waals surface area (Å²) in [5.74, 6) is 0. The number of aliphatic hydroxyl groups is 1. The van der Waals surface area contributed by atoms with Gasteiger partial charge in [-0.2, -0.15) is 0 Å². The third-order valence-corrected chi connectivity index (χ3v) is 3.76. The highest BCUT2D eigenvalue weighted by Gasteiger charge is 2.12. The van der Waals surface area contributed by atoms with Gasteiger partial charge in [0.25, 0.3) is 0 Å². The zero-order valence-electron chi connectivity index (χ0n) is 10.3. The number of benzene rings is 1. The topological polar surface area (TPSA) is 23.5 Å². The highest BCUT2D eigenvalue weighted by atomic mass is 79.9. The molecule has 0 aliphatic carbocycles. The highest BCUT2D eigenvalue weighted by Crippen LogP contribution is 2.28. The summed E-state index contributed by atoms with van der Waals surface area (Å²) < 4.78 is 0.933. The first-order valence-corrected chi connectivity index (χ1v) is 7.10. The van der Waals surface area contributed by atoms with Gasteiger partial charge in [-0.1, -0.05) is 47.4 Å². The van der Waals surface area contributed by atoms with Gasteiger partial charge in [-0.3, -0.25) is 0 Å². The van der Waals surface area contributed by atoms with Gasteiger partial charge in [-0.05, 0) is 37.2 Å². The predicted molar refractivity (Wildman–Crippen MR) is 76.5 cm³/mol. The lowest BCUT2D eigenvalue weighted by Crippen LogP contribution is -2.25. The zero-order chi connectivity index (χ0) is 12.8. The summed E-state index contributed by atoms with van der Waals surface area (Å²) >= 11 is 9.46. The Kier molecular flexibility index (Phi) is 6.49. The largest absolute Gasteiger partial charge is 0.388 e. The predicted octanol–water partition coefficient (Wildman–Crippen LogP) is 3.87. The Hall–Kier alpha value is -0.0900. The van der Waals surface area contributed by atoms with Gasteiger partial charge in [-0.15, -0.1) is 0 Å². The van der Waals surface area contributed by atoms with E-state index >= 15 is 0 Å². The van der Waals surface area contributed by atoms with Crippen molar-refractivity contribution < 1.29 is 5.11 Å². The number of hydrogen-bond acceptors (Lipinski definition) is 2. The third-order valence-electron chi connectivity index (χ3n) is 2.93. The Morgan fingerprint density at radius 3 is 2.53 bits per heavy atom. The Morgan fingerprint density at radius 1 is 1.35 bits per heavy atom. The van der Waals surface area contributed by atoms with Crippen molar-refractivity contribution in [3.8, 4) is 0 Å². The number of halogens is 2. The van der Waals surface area contributed by atoms with E-state index < -0.39 is 6.10 Å². The van der Waals surface area contributed by atoms with Crippen LogP contribution < -0.4 is 0 Å². The smallest absolute Gasteiger partial charge is 0.0816 e. The first kappa shape index (κ1) is 15.0. The van der Waals surface area contributed by atoms with Crippen LogP contribution in [0.4, 0.5) is 0 Å². The van der Waals surface area contributed by atoms with E-state index in [0.717, 1.165) is 29.7 Å². The third kappa shape index (κ3) is 4.59. The molecule has 0 aliphatic rings. The summed E-state index contributed by atoms with van der Waals surface area (Å²) in [5.41, 5.74) is 0.807. The summed E-state index contributed by atoms with van der Waals surface area (Å²) in [4.78, 5) is 2.29. The second kappa shape index (κ2) is 7.37. The molecule has 2 nitrogen and oxygen atoms in total. The molecule has 0 bridgehead atoms. The molecule has 4 heteroatoms. The molecule has 17 heavy (non-hydrogen) atoms. The van der Waals surface area contributed by atoms with Crippen LogP contribution in [0.25, 0.3) is 0 Å². The standard InChI is InChI=1S/C13H19BrClNO/c1-3-16(4-2)8-7-13(17)11-6-5-10(14)9-12(11)15/h5-6,9,13,17H,3-4,7-8H2,1-2H3. The van der Waals surface area contributed by atoms with Crippen LogP contribution in [0.2, 0.25) is 5.02 Å². The van der Waals surface area contributed by atoms with Crippen LogP contribution in [0.3, 0.4) is 0 Å². The van der Waals surface area contributed by atoms with E-state index in [1.807, 2.05) is 18.2 Å². The summed E-state index contributed by atoms with van der Waals surface area (Å²) in [7, 11) is 0. The van der Waals surface area contributed by atoms with E-state index in [-0.39, 0.29) is 0 Å². The normalized spacial score (nSPS) is 13.1. The number of aliphatic hydroxyl groups excluding tert-OH is 1. The Labute approximate surface area is 117 Å². The molecule has 0 fully saturated rings. The average Bonchev–Trinajstić information content (AvgIpc) is 2.30. The highest BCUT2D eigenvalue weighted by molar-refractivity contribution is 9.10. The second-order valence-electron chi connectivity index (χ2n) is 4.00. The fraction of sp³-hybridized carbons (Fsp3) is 0.538. The minimum Gasteiger partial charge on any atom is -0.388 e. The molecule has 0 aromatic heterocycles. The monoisotopic (exact) mass is 319 g/mol.